The fraction of sp³-hybridized carbons (Fsp3) is 0.385. The van der Waals surface area contributed by atoms with Crippen molar-refractivity contribution in [3.05, 3.63) is 35.7 Å². The zero-order chi connectivity index (χ0) is 15.5. The second kappa shape index (κ2) is 6.23. The van der Waals surface area contributed by atoms with Crippen molar-refractivity contribution in [1.29, 1.82) is 0 Å². The molecule has 0 aliphatic carbocycles. The zero-order valence-corrected chi connectivity index (χ0v) is 11.2. The monoisotopic (exact) mass is 301 g/mol. The average molecular weight is 301 g/mol. The first-order valence-electron chi connectivity index (χ1n) is 6.15. The van der Waals surface area contributed by atoms with Crippen molar-refractivity contribution in [3.63, 3.8) is 0 Å². The molecule has 2 aromatic rings. The molecule has 0 aliphatic heterocycles. The largest absolute Gasteiger partial charge is 0.416 e. The van der Waals surface area contributed by atoms with Crippen molar-refractivity contribution in [1.82, 2.24) is 10.1 Å². The molecule has 0 amide bonds. The van der Waals surface area contributed by atoms with E-state index in [0.717, 1.165) is 12.1 Å². The molecule has 2 rings (SSSR count). The van der Waals surface area contributed by atoms with Gasteiger partial charge in [-0.3, -0.25) is 0 Å². The van der Waals surface area contributed by atoms with Crippen LogP contribution < -0.4 is 5.73 Å². The number of benzene rings is 1. The molecule has 2 N–H and O–H groups in total. The van der Waals surface area contributed by atoms with Crippen molar-refractivity contribution < 1.29 is 22.4 Å². The van der Waals surface area contributed by atoms with Crippen LogP contribution in [0.2, 0.25) is 0 Å². The van der Waals surface area contributed by atoms with Gasteiger partial charge in [0.25, 0.3) is 0 Å². The number of methoxy groups -OCH3 is 1. The van der Waals surface area contributed by atoms with E-state index in [4.69, 9.17) is 15.0 Å². The van der Waals surface area contributed by atoms with Gasteiger partial charge in [-0.25, -0.2) is 0 Å². The van der Waals surface area contributed by atoms with Crippen LogP contribution in [0.25, 0.3) is 11.4 Å². The van der Waals surface area contributed by atoms with E-state index < -0.39 is 11.7 Å². The Balaban J connectivity index is 2.18. The summed E-state index contributed by atoms with van der Waals surface area (Å²) in [7, 11) is 1.52. The Hall–Kier alpha value is -1.93. The summed E-state index contributed by atoms with van der Waals surface area (Å²) in [6.07, 6.45) is -4.12. The lowest BCUT2D eigenvalue weighted by Crippen LogP contribution is -2.28. The van der Waals surface area contributed by atoms with Crippen molar-refractivity contribution in [2.45, 2.75) is 18.6 Å². The SMILES string of the molecule is COCC(N)Cc1nc(-c2cccc(C(F)(F)F)c2)no1. The third-order valence-electron chi connectivity index (χ3n) is 2.73. The second-order valence-corrected chi connectivity index (χ2v) is 4.51. The quantitative estimate of drug-likeness (QED) is 0.917. The molecular weight excluding hydrogens is 287 g/mol. The van der Waals surface area contributed by atoms with Crippen LogP contribution in [-0.2, 0) is 17.3 Å². The number of ether oxygens (including phenoxy) is 1. The predicted molar refractivity (Wildman–Crippen MR) is 68.3 cm³/mol. The average Bonchev–Trinajstić information content (AvgIpc) is 2.86. The minimum atomic E-state index is -4.41. The van der Waals surface area contributed by atoms with E-state index in [2.05, 4.69) is 10.1 Å². The number of rotatable bonds is 5. The molecule has 0 saturated heterocycles. The van der Waals surface area contributed by atoms with Gasteiger partial charge in [-0.2, -0.15) is 18.2 Å². The van der Waals surface area contributed by atoms with Crippen LogP contribution in [0.3, 0.4) is 0 Å². The highest BCUT2D eigenvalue weighted by molar-refractivity contribution is 5.55. The molecule has 0 aliphatic rings. The van der Waals surface area contributed by atoms with E-state index in [0.29, 0.717) is 13.0 Å². The maximum atomic E-state index is 12.7. The Bertz CT molecular complexity index is 598. The summed E-state index contributed by atoms with van der Waals surface area (Å²) < 4.78 is 47.8. The maximum absolute atomic E-state index is 12.7. The molecule has 0 fully saturated rings. The fourth-order valence-electron chi connectivity index (χ4n) is 1.79. The van der Waals surface area contributed by atoms with Gasteiger partial charge in [0.2, 0.25) is 11.7 Å². The maximum Gasteiger partial charge on any atom is 0.416 e. The van der Waals surface area contributed by atoms with E-state index >= 15 is 0 Å². The van der Waals surface area contributed by atoms with Crippen LogP contribution in [0.1, 0.15) is 11.5 Å². The molecule has 5 nitrogen and oxygen atoms in total. The summed E-state index contributed by atoms with van der Waals surface area (Å²) >= 11 is 0. The molecule has 1 aromatic carbocycles. The molecule has 0 saturated carbocycles. The number of aromatic nitrogens is 2. The summed E-state index contributed by atoms with van der Waals surface area (Å²) in [6.45, 7) is 0.321. The number of hydrogen-bond acceptors (Lipinski definition) is 5. The fourth-order valence-corrected chi connectivity index (χ4v) is 1.79. The van der Waals surface area contributed by atoms with Crippen LogP contribution in [-0.4, -0.2) is 29.9 Å². The second-order valence-electron chi connectivity index (χ2n) is 4.51. The van der Waals surface area contributed by atoms with Crippen LogP contribution in [0.4, 0.5) is 13.2 Å². The standard InChI is InChI=1S/C13H14F3N3O2/c1-20-7-10(17)6-11-18-12(19-21-11)8-3-2-4-9(5-8)13(14,15)16/h2-5,10H,6-7,17H2,1H3. The zero-order valence-electron chi connectivity index (χ0n) is 11.2. The Kier molecular flexibility index (Phi) is 4.59. The Morgan fingerprint density at radius 1 is 1.38 bits per heavy atom. The van der Waals surface area contributed by atoms with Crippen molar-refractivity contribution >= 4 is 0 Å². The molecular formula is C13H14F3N3O2. The summed E-state index contributed by atoms with van der Waals surface area (Å²) in [5.41, 5.74) is 5.22. The summed E-state index contributed by atoms with van der Waals surface area (Å²) in [5.74, 6) is 0.354. The molecule has 1 atom stereocenters. The number of alkyl halides is 3. The lowest BCUT2D eigenvalue weighted by atomic mass is 10.1. The molecule has 1 aromatic heterocycles. The van der Waals surface area contributed by atoms with E-state index in [-0.39, 0.29) is 23.3 Å². The molecule has 21 heavy (non-hydrogen) atoms. The van der Waals surface area contributed by atoms with E-state index in [9.17, 15) is 13.2 Å². The normalized spacial score (nSPS) is 13.4. The smallest absolute Gasteiger partial charge is 0.383 e. The molecule has 114 valence electrons. The molecule has 1 unspecified atom stereocenters. The van der Waals surface area contributed by atoms with Gasteiger partial charge in [0.05, 0.1) is 12.2 Å². The lowest BCUT2D eigenvalue weighted by Gasteiger charge is -2.06. The van der Waals surface area contributed by atoms with Crippen molar-refractivity contribution in [3.8, 4) is 11.4 Å². The summed E-state index contributed by atoms with van der Waals surface area (Å²) in [4.78, 5) is 4.05. The van der Waals surface area contributed by atoms with Gasteiger partial charge in [-0.15, -0.1) is 0 Å². The number of nitrogens with two attached hydrogens (primary N) is 1. The molecule has 1 heterocycles. The molecule has 8 heteroatoms. The first-order chi connectivity index (χ1) is 9.90. The topological polar surface area (TPSA) is 74.2 Å². The van der Waals surface area contributed by atoms with Gasteiger partial charge in [0.1, 0.15) is 0 Å². The molecule has 0 spiro atoms. The summed E-state index contributed by atoms with van der Waals surface area (Å²) in [5, 5.41) is 3.67. The highest BCUT2D eigenvalue weighted by Crippen LogP contribution is 2.31. The summed E-state index contributed by atoms with van der Waals surface area (Å²) in [6, 6.07) is 4.43. The van der Waals surface area contributed by atoms with Gasteiger partial charge >= 0.3 is 6.18 Å². The minimum Gasteiger partial charge on any atom is -0.383 e. The molecule has 0 bridgehead atoms. The Morgan fingerprint density at radius 2 is 2.14 bits per heavy atom. The van der Waals surface area contributed by atoms with Crippen molar-refractivity contribution in [2.75, 3.05) is 13.7 Å². The van der Waals surface area contributed by atoms with Gasteiger partial charge < -0.3 is 15.0 Å². The van der Waals surface area contributed by atoms with Gasteiger partial charge in [-0.1, -0.05) is 17.3 Å². The van der Waals surface area contributed by atoms with Gasteiger partial charge in [0.15, 0.2) is 0 Å². The highest BCUT2D eigenvalue weighted by atomic mass is 19.4. The number of hydrogen-bond donors (Lipinski definition) is 1. The van der Waals surface area contributed by atoms with E-state index in [1.165, 1.54) is 19.2 Å². The predicted octanol–water partition coefficient (Wildman–Crippen LogP) is 2.27. The van der Waals surface area contributed by atoms with Crippen molar-refractivity contribution in [2.24, 2.45) is 5.73 Å². The lowest BCUT2D eigenvalue weighted by molar-refractivity contribution is -0.137. The third-order valence-corrected chi connectivity index (χ3v) is 2.73. The van der Waals surface area contributed by atoms with Gasteiger partial charge in [-0.05, 0) is 12.1 Å². The van der Waals surface area contributed by atoms with Crippen LogP contribution in [0.5, 0.6) is 0 Å². The van der Waals surface area contributed by atoms with Crippen LogP contribution in [0.15, 0.2) is 28.8 Å². The third kappa shape index (κ3) is 4.02. The Labute approximate surface area is 118 Å². The highest BCUT2D eigenvalue weighted by Gasteiger charge is 2.30. The molecule has 0 radical (unpaired) electrons. The number of halogens is 3. The van der Waals surface area contributed by atoms with E-state index in [1.54, 1.807) is 0 Å². The van der Waals surface area contributed by atoms with E-state index in [1.807, 2.05) is 0 Å². The Morgan fingerprint density at radius 3 is 2.81 bits per heavy atom. The number of nitrogens with zero attached hydrogens (tertiary/aromatic N) is 2. The van der Waals surface area contributed by atoms with Crippen LogP contribution >= 0.6 is 0 Å². The minimum absolute atomic E-state index is 0.0979. The first kappa shape index (κ1) is 15.5. The van der Waals surface area contributed by atoms with Crippen LogP contribution in [0, 0.1) is 0 Å². The first-order valence-corrected chi connectivity index (χ1v) is 6.15. The van der Waals surface area contributed by atoms with Gasteiger partial charge in [0, 0.05) is 25.1 Å².